The van der Waals surface area contributed by atoms with Crippen LogP contribution in [0.15, 0.2) is 12.1 Å². The van der Waals surface area contributed by atoms with E-state index in [9.17, 15) is 19.2 Å². The van der Waals surface area contributed by atoms with Crippen LogP contribution in [0.4, 0.5) is 4.39 Å². The number of benzene rings is 2. The van der Waals surface area contributed by atoms with Gasteiger partial charge in [0.15, 0.2) is 28.8 Å². The zero-order valence-electron chi connectivity index (χ0n) is 25.5. The molecule has 2 aromatic rings. The number of carboxylic acid groups (broad SMARTS) is 2. The van der Waals surface area contributed by atoms with Gasteiger partial charge in [0, 0.05) is 51.0 Å². The predicted molar refractivity (Wildman–Crippen MR) is 158 cm³/mol. The lowest BCUT2D eigenvalue weighted by molar-refractivity contribution is -0.145. The average Bonchev–Trinajstić information content (AvgIpc) is 3.63. The number of ether oxygens (including phenoxy) is 4. The van der Waals surface area contributed by atoms with Gasteiger partial charge in [0.25, 0.3) is 0 Å². The highest BCUT2D eigenvalue weighted by molar-refractivity contribution is 6.33. The molecule has 12 nitrogen and oxygen atoms in total. The molecular weight excluding hydrogens is 615 g/mol. The molecule has 244 valence electrons. The fraction of sp³-hybridized carbons (Fsp3) is 0.484. The van der Waals surface area contributed by atoms with Crippen LogP contribution in [0.25, 0.3) is 0 Å². The smallest absolute Gasteiger partial charge is 0.306 e. The Morgan fingerprint density at radius 1 is 0.800 bits per heavy atom. The molecule has 14 heteroatoms. The second-order valence-electron chi connectivity index (χ2n) is 11.2. The van der Waals surface area contributed by atoms with Crippen LogP contribution < -0.4 is 18.9 Å². The Balaban J connectivity index is 1.36. The average molecular weight is 651 g/mol. The first-order chi connectivity index (χ1) is 21.4. The Bertz CT molecular complexity index is 1500. The summed E-state index contributed by atoms with van der Waals surface area (Å²) in [7, 11) is 2.79. The summed E-state index contributed by atoms with van der Waals surface area (Å²) in [5, 5.41) is 18.5. The maximum Gasteiger partial charge on any atom is 0.306 e. The standard InChI is InChI=1S/C31H36ClFN2O10/c1-16(30(38)39)8-24(36)34-12-18-10-22(42-3)28(26(32)20(18)14-34)45-7-5-6-44-23-11-19-13-35(25(37)9-17(2)31(40)41)15-21(19)27(33)29(23)43-4/h10-11,16-17H,5-9,12-15H2,1-4H3,(H,38,39)(H,40,41)/t16-,17-/m0/s1. The van der Waals surface area contributed by atoms with Gasteiger partial charge in [-0.05, 0) is 28.8 Å². The number of carboxylic acids is 2. The maximum atomic E-state index is 15.3. The second-order valence-corrected chi connectivity index (χ2v) is 11.5. The van der Waals surface area contributed by atoms with Crippen molar-refractivity contribution in [1.82, 2.24) is 9.80 Å². The van der Waals surface area contributed by atoms with Crippen molar-refractivity contribution in [2.24, 2.45) is 11.8 Å². The molecule has 0 saturated carbocycles. The summed E-state index contributed by atoms with van der Waals surface area (Å²) in [5.41, 5.74) is 2.33. The van der Waals surface area contributed by atoms with Crippen LogP contribution >= 0.6 is 11.6 Å². The summed E-state index contributed by atoms with van der Waals surface area (Å²) in [6, 6.07) is 3.37. The van der Waals surface area contributed by atoms with Crippen LogP contribution in [0.1, 0.15) is 55.4 Å². The Hall–Kier alpha value is -4.26. The summed E-state index contributed by atoms with van der Waals surface area (Å²) in [6.45, 7) is 3.84. The lowest BCUT2D eigenvalue weighted by Crippen LogP contribution is -2.28. The topological polar surface area (TPSA) is 152 Å². The molecule has 2 amide bonds. The number of halogens is 2. The molecule has 2 atom stereocenters. The van der Waals surface area contributed by atoms with Crippen LogP contribution in [0.2, 0.25) is 5.02 Å². The summed E-state index contributed by atoms with van der Waals surface area (Å²) in [5.74, 6) is -4.34. The summed E-state index contributed by atoms with van der Waals surface area (Å²) in [4.78, 5) is 50.5. The molecule has 45 heavy (non-hydrogen) atoms. The van der Waals surface area contributed by atoms with Crippen molar-refractivity contribution >= 4 is 35.4 Å². The third-order valence-corrected chi connectivity index (χ3v) is 8.31. The van der Waals surface area contributed by atoms with Crippen LogP contribution in [-0.4, -0.2) is 71.2 Å². The molecule has 2 heterocycles. The van der Waals surface area contributed by atoms with Crippen molar-refractivity contribution in [2.45, 2.75) is 59.3 Å². The summed E-state index contributed by atoms with van der Waals surface area (Å²) < 4.78 is 37.9. The van der Waals surface area contributed by atoms with Gasteiger partial charge in [-0.3, -0.25) is 19.2 Å². The van der Waals surface area contributed by atoms with E-state index in [2.05, 4.69) is 0 Å². The third kappa shape index (κ3) is 7.35. The van der Waals surface area contributed by atoms with Gasteiger partial charge in [-0.1, -0.05) is 25.4 Å². The number of methoxy groups -OCH3 is 2. The number of carbonyl (C=O) groups excluding carboxylic acids is 2. The zero-order valence-corrected chi connectivity index (χ0v) is 26.2. The van der Waals surface area contributed by atoms with Crippen molar-refractivity contribution < 1.29 is 52.7 Å². The molecule has 0 fully saturated rings. The van der Waals surface area contributed by atoms with Gasteiger partial charge >= 0.3 is 11.9 Å². The number of nitrogens with zero attached hydrogens (tertiary/aromatic N) is 2. The van der Waals surface area contributed by atoms with E-state index in [1.165, 1.54) is 33.0 Å². The number of rotatable bonds is 14. The molecule has 2 aliphatic heterocycles. The van der Waals surface area contributed by atoms with Crippen molar-refractivity contribution in [2.75, 3.05) is 27.4 Å². The minimum absolute atomic E-state index is 0.00751. The number of aliphatic carboxylic acids is 2. The maximum absolute atomic E-state index is 15.3. The molecule has 0 aromatic heterocycles. The van der Waals surface area contributed by atoms with Crippen molar-refractivity contribution in [3.05, 3.63) is 45.2 Å². The fourth-order valence-electron chi connectivity index (χ4n) is 5.23. The number of hydrogen-bond donors (Lipinski definition) is 2. The van der Waals surface area contributed by atoms with E-state index >= 15 is 4.39 Å². The third-order valence-electron chi connectivity index (χ3n) is 7.91. The highest BCUT2D eigenvalue weighted by atomic mass is 35.5. The van der Waals surface area contributed by atoms with Gasteiger partial charge in [-0.2, -0.15) is 0 Å². The van der Waals surface area contributed by atoms with Gasteiger partial charge in [0.2, 0.25) is 11.8 Å². The fourth-order valence-corrected chi connectivity index (χ4v) is 5.56. The highest BCUT2D eigenvalue weighted by Gasteiger charge is 2.32. The van der Waals surface area contributed by atoms with E-state index in [0.29, 0.717) is 39.6 Å². The number of fused-ring (bicyclic) bond motifs is 2. The first-order valence-corrected chi connectivity index (χ1v) is 14.8. The van der Waals surface area contributed by atoms with E-state index in [0.717, 1.165) is 5.56 Å². The number of carbonyl (C=O) groups is 4. The van der Waals surface area contributed by atoms with Crippen LogP contribution in [0.5, 0.6) is 23.0 Å². The Labute approximate surface area is 264 Å². The molecule has 0 bridgehead atoms. The van der Waals surface area contributed by atoms with Crippen molar-refractivity contribution in [3.8, 4) is 23.0 Å². The molecule has 0 saturated heterocycles. The van der Waals surface area contributed by atoms with Gasteiger partial charge in [0.1, 0.15) is 0 Å². The van der Waals surface area contributed by atoms with Crippen molar-refractivity contribution in [3.63, 3.8) is 0 Å². The molecule has 4 rings (SSSR count). The molecular formula is C31H36ClFN2O10. The minimum Gasteiger partial charge on any atom is -0.493 e. The lowest BCUT2D eigenvalue weighted by atomic mass is 10.1. The predicted octanol–water partition coefficient (Wildman–Crippen LogP) is 4.25. The van der Waals surface area contributed by atoms with E-state index in [1.807, 2.05) is 0 Å². The highest BCUT2D eigenvalue weighted by Crippen LogP contribution is 2.44. The van der Waals surface area contributed by atoms with Crippen LogP contribution in [0, 0.1) is 17.7 Å². The lowest BCUT2D eigenvalue weighted by Gasteiger charge is -2.17. The molecule has 0 radical (unpaired) electrons. The first kappa shape index (κ1) is 33.6. The largest absolute Gasteiger partial charge is 0.493 e. The number of amides is 2. The monoisotopic (exact) mass is 650 g/mol. The van der Waals surface area contributed by atoms with Crippen LogP contribution in [-0.2, 0) is 45.4 Å². The van der Waals surface area contributed by atoms with E-state index < -0.39 is 29.6 Å². The Morgan fingerprint density at radius 2 is 1.31 bits per heavy atom. The number of hydrogen-bond acceptors (Lipinski definition) is 8. The molecule has 2 aliphatic rings. The summed E-state index contributed by atoms with van der Waals surface area (Å²) >= 11 is 6.68. The molecule has 0 unspecified atom stereocenters. The van der Waals surface area contributed by atoms with Crippen LogP contribution in [0.3, 0.4) is 0 Å². The normalized spacial score (nSPS) is 14.8. The SMILES string of the molecule is COc1cc2c(c(Cl)c1OCCCOc1cc3c(c(F)c1OC)CN(C(=O)C[C@H](C)C(=O)O)C3)CN(C(=O)C[C@H](C)C(=O)O)C2. The van der Waals surface area contributed by atoms with E-state index in [-0.39, 0.29) is 75.5 Å². The Kier molecular flexibility index (Phi) is 10.6. The van der Waals surface area contributed by atoms with E-state index in [4.69, 9.17) is 40.8 Å². The quantitative estimate of drug-likeness (QED) is 0.284. The molecule has 2 aromatic carbocycles. The zero-order chi connectivity index (χ0) is 33.0. The van der Waals surface area contributed by atoms with Gasteiger partial charge in [-0.15, -0.1) is 0 Å². The Morgan fingerprint density at radius 3 is 1.84 bits per heavy atom. The second kappa shape index (κ2) is 14.2. The van der Waals surface area contributed by atoms with Gasteiger partial charge < -0.3 is 39.0 Å². The van der Waals surface area contributed by atoms with E-state index in [1.54, 1.807) is 17.0 Å². The molecule has 2 N–H and O–H groups in total. The van der Waals surface area contributed by atoms with Gasteiger partial charge in [-0.25, -0.2) is 4.39 Å². The summed E-state index contributed by atoms with van der Waals surface area (Å²) in [6.07, 6.45) is 0.0590. The minimum atomic E-state index is -1.08. The van der Waals surface area contributed by atoms with Gasteiger partial charge in [0.05, 0.1) is 44.3 Å². The molecule has 0 aliphatic carbocycles. The molecule has 0 spiro atoms. The first-order valence-electron chi connectivity index (χ1n) is 14.4. The van der Waals surface area contributed by atoms with Crippen molar-refractivity contribution in [1.29, 1.82) is 0 Å².